The lowest BCUT2D eigenvalue weighted by Crippen LogP contribution is -2.63. The summed E-state index contributed by atoms with van der Waals surface area (Å²) in [7, 11) is 4.44. The van der Waals surface area contributed by atoms with Crippen molar-refractivity contribution >= 4 is 76.6 Å². The predicted molar refractivity (Wildman–Crippen MR) is 254 cm³/mol. The number of halogens is 1. The topological polar surface area (TPSA) is 246 Å². The number of anilines is 1. The average Bonchev–Trinajstić information content (AvgIpc) is 3.84. The summed E-state index contributed by atoms with van der Waals surface area (Å²) in [6.45, 7) is 7.10. The summed E-state index contributed by atoms with van der Waals surface area (Å²) in [5.41, 5.74) is -1.10. The number of esters is 1. The number of rotatable bonds is 13. The molecule has 71 heavy (non-hydrogen) atoms. The number of benzene rings is 1. The summed E-state index contributed by atoms with van der Waals surface area (Å²) < 4.78 is 35.2. The predicted octanol–water partition coefficient (Wildman–Crippen LogP) is 4.35. The molecule has 1 aliphatic carbocycles. The van der Waals surface area contributed by atoms with Gasteiger partial charge < -0.3 is 43.3 Å². The number of nitrogens with one attached hydrogen (secondary N) is 1. The van der Waals surface area contributed by atoms with Crippen LogP contribution < -0.4 is 15.0 Å². The minimum absolute atomic E-state index is 0.00182. The second-order valence-electron chi connectivity index (χ2n) is 19.4. The first-order chi connectivity index (χ1) is 33.7. The van der Waals surface area contributed by atoms with Gasteiger partial charge in [0.1, 0.15) is 34.7 Å². The van der Waals surface area contributed by atoms with Crippen molar-refractivity contribution in [2.24, 2.45) is 17.8 Å². The number of hydroxylamine groups is 2. The Kier molecular flexibility index (Phi) is 16.9. The van der Waals surface area contributed by atoms with E-state index in [9.17, 15) is 43.5 Å². The third kappa shape index (κ3) is 12.1. The van der Waals surface area contributed by atoms with Crippen LogP contribution in [0.2, 0.25) is 5.02 Å². The summed E-state index contributed by atoms with van der Waals surface area (Å²) in [5.74, 6) is -4.12. The number of methoxy groups -OCH3 is 2. The van der Waals surface area contributed by atoms with E-state index >= 15 is 0 Å². The summed E-state index contributed by atoms with van der Waals surface area (Å²) in [5, 5.41) is 14.4. The SMILES string of the molecule is COc1cc2cc(c1Cl)N(C)C(=O)C[C@H](OC(=O)[C@H](C)OCCSC1CC(=O)N(C[C@H]3CC[C@H](C(=O)ON4C(=O)CCC4=O)CC3)C1=O)[C@]1(C)O[C@H]1[C@H](C)C1C[C@@](O)(NC(=O)O1)[C@H](OC)/C=C/C=C(\C)C2. The first-order valence-electron chi connectivity index (χ1n) is 23.9. The van der Waals surface area contributed by atoms with Crippen molar-refractivity contribution in [2.75, 3.05) is 45.1 Å². The molecule has 22 heteroatoms. The van der Waals surface area contributed by atoms with Crippen molar-refractivity contribution in [1.82, 2.24) is 15.3 Å². The lowest BCUT2D eigenvalue weighted by atomic mass is 9.82. The van der Waals surface area contributed by atoms with Crippen LogP contribution in [0.1, 0.15) is 91.0 Å². The molecule has 0 radical (unpaired) electrons. The maximum absolute atomic E-state index is 14.3. The summed E-state index contributed by atoms with van der Waals surface area (Å²) in [6, 6.07) is 3.55. The van der Waals surface area contributed by atoms with E-state index < -0.39 is 94.7 Å². The molecule has 7 rings (SSSR count). The maximum Gasteiger partial charge on any atom is 0.409 e. The van der Waals surface area contributed by atoms with Crippen LogP contribution in [-0.4, -0.2) is 150 Å². The Labute approximate surface area is 421 Å². The number of aliphatic hydroxyl groups is 1. The van der Waals surface area contributed by atoms with Gasteiger partial charge in [-0.25, -0.2) is 14.4 Å². The van der Waals surface area contributed by atoms with Gasteiger partial charge in [0.2, 0.25) is 17.7 Å². The molecule has 1 saturated carbocycles. The number of hydrogen-bond donors (Lipinski definition) is 2. The highest BCUT2D eigenvalue weighted by molar-refractivity contribution is 8.00. The van der Waals surface area contributed by atoms with Gasteiger partial charge >= 0.3 is 18.0 Å². The molecule has 5 heterocycles. The van der Waals surface area contributed by atoms with Crippen LogP contribution in [0.4, 0.5) is 10.5 Å². The Balaban J connectivity index is 0.975. The number of amides is 6. The number of ether oxygens (including phenoxy) is 6. The number of alkyl carbamates (subject to hydrolysis) is 1. The molecule has 4 saturated heterocycles. The molecule has 5 fully saturated rings. The number of fused-ring (bicyclic) bond motifs is 5. The standard InChI is InChI=1S/C49H63ClN4O16S/c1-26-9-8-10-36(65-7)49(63)24-34(67-47(62)51-49)27(2)43-48(4,69-43)37(23-40(57)52(5)32-20-30(19-26)21-33(64-6)42(32)50)68-45(60)28(3)66-17-18-71-35-22-41(58)53(44(35)59)25-29-11-13-31(14-12-29)46(61)70-54-38(55)15-16-39(54)56/h8-10,20-21,27-29,31,34-37,43,63H,11-19,22-25H2,1-7H3,(H,51,62)/b10-8+,26-9+/t27-,28+,29-,31-,34?,35?,36-,37+,43+,48+,49+/m1/s1. The number of thioether (sulfide) groups is 1. The highest BCUT2D eigenvalue weighted by Crippen LogP contribution is 2.49. The van der Waals surface area contributed by atoms with Crippen LogP contribution >= 0.6 is 23.4 Å². The maximum atomic E-state index is 14.3. The molecule has 4 bridgehead atoms. The number of imide groups is 2. The van der Waals surface area contributed by atoms with E-state index in [1.165, 1.54) is 42.7 Å². The molecule has 0 spiro atoms. The number of carbonyl (C=O) groups excluding carboxylic acids is 8. The van der Waals surface area contributed by atoms with Crippen LogP contribution in [0.25, 0.3) is 0 Å². The molecule has 6 aliphatic rings. The molecule has 1 aromatic rings. The van der Waals surface area contributed by atoms with Crippen molar-refractivity contribution in [3.05, 3.63) is 46.5 Å². The molecule has 2 unspecified atom stereocenters. The van der Waals surface area contributed by atoms with Gasteiger partial charge in [-0.1, -0.05) is 42.3 Å². The first kappa shape index (κ1) is 53.7. The number of epoxide rings is 1. The lowest BCUT2D eigenvalue weighted by Gasteiger charge is -2.42. The number of likely N-dealkylation sites (tertiary alicyclic amines) is 1. The largest absolute Gasteiger partial charge is 0.495 e. The smallest absolute Gasteiger partial charge is 0.409 e. The van der Waals surface area contributed by atoms with E-state index in [1.807, 2.05) is 13.0 Å². The second kappa shape index (κ2) is 22.4. The van der Waals surface area contributed by atoms with E-state index in [-0.39, 0.29) is 73.8 Å². The summed E-state index contributed by atoms with van der Waals surface area (Å²) >= 11 is 8.03. The van der Waals surface area contributed by atoms with Crippen molar-refractivity contribution in [3.8, 4) is 5.75 Å². The van der Waals surface area contributed by atoms with Crippen LogP contribution in [0, 0.1) is 17.8 Å². The molecular formula is C49H63ClN4O16S. The van der Waals surface area contributed by atoms with E-state index in [1.54, 1.807) is 45.2 Å². The zero-order valence-corrected chi connectivity index (χ0v) is 42.5. The normalized spacial score (nSPS) is 33.1. The van der Waals surface area contributed by atoms with Gasteiger partial charge in [0, 0.05) is 58.1 Å². The number of nitrogens with zero attached hydrogens (tertiary/aromatic N) is 3. The van der Waals surface area contributed by atoms with Crippen LogP contribution in [-0.2, 0) is 68.5 Å². The summed E-state index contributed by atoms with van der Waals surface area (Å²) in [4.78, 5) is 112. The molecule has 2 N–H and O–H groups in total. The zero-order valence-electron chi connectivity index (χ0n) is 41.0. The highest BCUT2D eigenvalue weighted by Gasteiger charge is 2.64. The van der Waals surface area contributed by atoms with Gasteiger partial charge in [-0.05, 0) is 76.5 Å². The van der Waals surface area contributed by atoms with E-state index in [4.69, 9.17) is 44.9 Å². The van der Waals surface area contributed by atoms with Crippen molar-refractivity contribution in [3.63, 3.8) is 0 Å². The molecule has 388 valence electrons. The minimum Gasteiger partial charge on any atom is -0.495 e. The average molecular weight is 1030 g/mol. The highest BCUT2D eigenvalue weighted by atomic mass is 35.5. The molecule has 0 aromatic heterocycles. The Hall–Kier alpha value is -5.06. The Morgan fingerprint density at radius 1 is 1.01 bits per heavy atom. The van der Waals surface area contributed by atoms with Crippen LogP contribution in [0.5, 0.6) is 5.75 Å². The fourth-order valence-electron chi connectivity index (χ4n) is 9.96. The Morgan fingerprint density at radius 3 is 2.39 bits per heavy atom. The molecule has 1 aromatic carbocycles. The molecule has 20 nitrogen and oxygen atoms in total. The minimum atomic E-state index is -1.87. The van der Waals surface area contributed by atoms with Crippen LogP contribution in [0.3, 0.4) is 0 Å². The Bertz CT molecular complexity index is 2330. The van der Waals surface area contributed by atoms with E-state index in [0.29, 0.717) is 48.6 Å². The fourth-order valence-corrected chi connectivity index (χ4v) is 11.3. The van der Waals surface area contributed by atoms with Crippen molar-refractivity contribution < 1.29 is 76.7 Å². The Morgan fingerprint density at radius 2 is 1.72 bits per heavy atom. The van der Waals surface area contributed by atoms with Gasteiger partial charge in [-0.2, -0.15) is 0 Å². The van der Waals surface area contributed by atoms with Crippen molar-refractivity contribution in [2.45, 2.75) is 139 Å². The monoisotopic (exact) mass is 1030 g/mol. The number of hydrogen-bond acceptors (Lipinski definition) is 17. The molecule has 6 amide bonds. The fraction of sp³-hybridized carbons (Fsp3) is 0.633. The molecular weight excluding hydrogens is 968 g/mol. The molecule has 9 atom stereocenters. The van der Waals surface area contributed by atoms with E-state index in [2.05, 4.69) is 5.32 Å². The quantitative estimate of drug-likeness (QED) is 0.121. The lowest BCUT2D eigenvalue weighted by molar-refractivity contribution is -0.201. The number of carbonyl (C=O) groups is 8. The third-order valence-corrected chi connectivity index (χ3v) is 15.9. The van der Waals surface area contributed by atoms with Gasteiger partial charge in [-0.15, -0.1) is 16.8 Å². The molecule has 5 aliphatic heterocycles. The van der Waals surface area contributed by atoms with Crippen molar-refractivity contribution in [1.29, 1.82) is 0 Å². The second-order valence-corrected chi connectivity index (χ2v) is 21.0. The van der Waals surface area contributed by atoms with Gasteiger partial charge in [0.15, 0.2) is 11.8 Å². The van der Waals surface area contributed by atoms with Gasteiger partial charge in [0.05, 0.1) is 43.1 Å². The van der Waals surface area contributed by atoms with Gasteiger partial charge in [0.25, 0.3) is 11.8 Å². The zero-order chi connectivity index (χ0) is 51.5. The summed E-state index contributed by atoms with van der Waals surface area (Å²) in [6.07, 6.45) is 1.39. The third-order valence-electron chi connectivity index (χ3n) is 14.3. The number of allylic oxidation sites excluding steroid dienone is 3. The van der Waals surface area contributed by atoms with E-state index in [0.717, 1.165) is 11.1 Å². The van der Waals surface area contributed by atoms with Crippen LogP contribution in [0.15, 0.2) is 35.9 Å². The van der Waals surface area contributed by atoms with Gasteiger partial charge in [-0.3, -0.25) is 34.2 Å². The first-order valence-corrected chi connectivity index (χ1v) is 25.3.